The molecule has 1 saturated heterocycles. The molecule has 0 spiro atoms. The van der Waals surface area contributed by atoms with Gasteiger partial charge in [-0.25, -0.2) is 13.2 Å². The lowest BCUT2D eigenvalue weighted by Crippen LogP contribution is -2.53. The molecule has 0 bridgehead atoms. The number of benzene rings is 1. The van der Waals surface area contributed by atoms with E-state index in [1.165, 1.54) is 6.20 Å². The molecule has 1 aromatic carbocycles. The summed E-state index contributed by atoms with van der Waals surface area (Å²) in [7, 11) is 0. The van der Waals surface area contributed by atoms with Crippen LogP contribution in [0.2, 0.25) is 0 Å². The van der Waals surface area contributed by atoms with E-state index in [1.54, 1.807) is 0 Å². The Kier molecular flexibility index (Phi) is 7.16. The SMILES string of the molecule is CC(C)(C)[S+]([O-])N1CCN(c2cnn(-c3cc(F)cc(F)c3)c(=O)c2OC2CCC(F)C2)CC1. The van der Waals surface area contributed by atoms with Gasteiger partial charge in [-0.05, 0) is 45.7 Å². The molecule has 0 radical (unpaired) electrons. The summed E-state index contributed by atoms with van der Waals surface area (Å²) in [6.07, 6.45) is 0.953. The molecule has 1 aliphatic heterocycles. The second-order valence-corrected chi connectivity index (χ2v) is 11.9. The zero-order valence-corrected chi connectivity index (χ0v) is 20.3. The van der Waals surface area contributed by atoms with Crippen molar-refractivity contribution in [3.63, 3.8) is 0 Å². The molecule has 3 atom stereocenters. The maximum Gasteiger partial charge on any atom is 0.316 e. The first-order valence-corrected chi connectivity index (χ1v) is 12.4. The van der Waals surface area contributed by atoms with E-state index < -0.39 is 40.8 Å². The van der Waals surface area contributed by atoms with Crippen molar-refractivity contribution >= 4 is 17.0 Å². The van der Waals surface area contributed by atoms with Crippen LogP contribution >= 0.6 is 0 Å². The summed E-state index contributed by atoms with van der Waals surface area (Å²) < 4.78 is 62.5. The van der Waals surface area contributed by atoms with Crippen LogP contribution in [0.5, 0.6) is 5.75 Å². The van der Waals surface area contributed by atoms with Crippen LogP contribution in [-0.2, 0) is 11.4 Å². The van der Waals surface area contributed by atoms with Crippen molar-refractivity contribution in [3.8, 4) is 11.4 Å². The van der Waals surface area contributed by atoms with Gasteiger partial charge in [0.05, 0.1) is 25.0 Å². The average Bonchev–Trinajstić information content (AvgIpc) is 3.18. The van der Waals surface area contributed by atoms with Gasteiger partial charge in [0, 0.05) is 36.9 Å². The first-order valence-electron chi connectivity index (χ1n) is 11.3. The van der Waals surface area contributed by atoms with E-state index in [9.17, 15) is 22.5 Å². The molecule has 0 amide bonds. The molecule has 4 rings (SSSR count). The van der Waals surface area contributed by atoms with Crippen molar-refractivity contribution < 1.29 is 22.5 Å². The van der Waals surface area contributed by atoms with Crippen LogP contribution < -0.4 is 15.2 Å². The van der Waals surface area contributed by atoms with Crippen LogP contribution in [-0.4, -0.2) is 61.8 Å². The topological polar surface area (TPSA) is 73.7 Å². The largest absolute Gasteiger partial charge is 0.597 e. The number of aromatic nitrogens is 2. The Morgan fingerprint density at radius 3 is 2.29 bits per heavy atom. The van der Waals surface area contributed by atoms with Gasteiger partial charge in [0.1, 0.15) is 34.3 Å². The van der Waals surface area contributed by atoms with Gasteiger partial charge < -0.3 is 14.2 Å². The lowest BCUT2D eigenvalue weighted by molar-refractivity contribution is 0.193. The monoisotopic (exact) mass is 498 g/mol. The molecule has 11 heteroatoms. The van der Waals surface area contributed by atoms with Gasteiger partial charge >= 0.3 is 5.56 Å². The molecule has 7 nitrogen and oxygen atoms in total. The Labute approximate surface area is 199 Å². The Morgan fingerprint density at radius 2 is 1.74 bits per heavy atom. The van der Waals surface area contributed by atoms with Crippen LogP contribution in [0.1, 0.15) is 40.0 Å². The number of anilines is 1. The highest BCUT2D eigenvalue weighted by Crippen LogP contribution is 2.32. The van der Waals surface area contributed by atoms with E-state index in [2.05, 4.69) is 5.10 Å². The van der Waals surface area contributed by atoms with Gasteiger partial charge in [-0.3, -0.25) is 4.79 Å². The highest BCUT2D eigenvalue weighted by molar-refractivity contribution is 7.90. The summed E-state index contributed by atoms with van der Waals surface area (Å²) >= 11 is -1.16. The Hall–Kier alpha value is -2.24. The zero-order valence-electron chi connectivity index (χ0n) is 19.5. The van der Waals surface area contributed by atoms with E-state index in [1.807, 2.05) is 30.0 Å². The van der Waals surface area contributed by atoms with Crippen molar-refractivity contribution in [3.05, 3.63) is 46.4 Å². The summed E-state index contributed by atoms with van der Waals surface area (Å²) in [4.78, 5) is 15.3. The standard InChI is InChI=1S/C23H29F3N4O3S/c1-23(2,3)34(32)29-8-6-28(7-9-29)20-14-27-30(18-11-16(25)10-17(26)12-18)22(31)21(20)33-19-5-4-15(24)13-19/h10-12,14-15,19H,4-9,13H2,1-3H3. The van der Waals surface area contributed by atoms with E-state index in [-0.39, 0.29) is 22.6 Å². The first-order chi connectivity index (χ1) is 16.0. The molecule has 3 unspecified atom stereocenters. The second kappa shape index (κ2) is 9.79. The summed E-state index contributed by atoms with van der Waals surface area (Å²) in [6, 6.07) is 2.73. The molecule has 0 N–H and O–H groups in total. The molecule has 2 heterocycles. The number of nitrogens with zero attached hydrogens (tertiary/aromatic N) is 4. The summed E-state index contributed by atoms with van der Waals surface area (Å²) in [5, 5.41) is 4.15. The predicted molar refractivity (Wildman–Crippen MR) is 125 cm³/mol. The zero-order chi connectivity index (χ0) is 24.6. The van der Waals surface area contributed by atoms with Crippen LogP contribution in [0, 0.1) is 11.6 Å². The van der Waals surface area contributed by atoms with Gasteiger partial charge in [0.2, 0.25) is 5.75 Å². The van der Waals surface area contributed by atoms with E-state index in [4.69, 9.17) is 4.74 Å². The number of piperazine rings is 1. The third-order valence-electron chi connectivity index (χ3n) is 5.95. The van der Waals surface area contributed by atoms with Crippen molar-refractivity contribution in [1.29, 1.82) is 0 Å². The van der Waals surface area contributed by atoms with Crippen LogP contribution in [0.25, 0.3) is 5.69 Å². The van der Waals surface area contributed by atoms with Crippen LogP contribution in [0.15, 0.2) is 29.2 Å². The molecule has 1 aromatic heterocycles. The van der Waals surface area contributed by atoms with Crippen molar-refractivity contribution in [2.75, 3.05) is 31.1 Å². The van der Waals surface area contributed by atoms with Gasteiger partial charge in [-0.2, -0.15) is 9.78 Å². The Morgan fingerprint density at radius 1 is 1.09 bits per heavy atom. The van der Waals surface area contributed by atoms with E-state index in [0.29, 0.717) is 50.8 Å². The Bertz CT molecular complexity index is 1070. The number of rotatable bonds is 5. The summed E-state index contributed by atoms with van der Waals surface area (Å²) in [6.45, 7) is 7.73. The molecular weight excluding hydrogens is 469 g/mol. The molecule has 34 heavy (non-hydrogen) atoms. The maximum atomic E-state index is 13.8. The summed E-state index contributed by atoms with van der Waals surface area (Å²) in [5.74, 6) is -1.70. The normalized spacial score (nSPS) is 22.7. The second-order valence-electron chi connectivity index (χ2n) is 9.63. The highest BCUT2D eigenvalue weighted by atomic mass is 32.2. The predicted octanol–water partition coefficient (Wildman–Crippen LogP) is 3.36. The molecule has 2 aromatic rings. The highest BCUT2D eigenvalue weighted by Gasteiger charge is 2.36. The minimum Gasteiger partial charge on any atom is -0.597 e. The molecular formula is C23H29F3N4O3S. The van der Waals surface area contributed by atoms with Gasteiger partial charge in [0.15, 0.2) is 0 Å². The number of alkyl halides is 1. The molecule has 2 aliphatic rings. The smallest absolute Gasteiger partial charge is 0.316 e. The quantitative estimate of drug-likeness (QED) is 0.589. The molecule has 186 valence electrons. The summed E-state index contributed by atoms with van der Waals surface area (Å²) in [5.41, 5.74) is -0.314. The fourth-order valence-electron chi connectivity index (χ4n) is 4.25. The molecule has 1 aliphatic carbocycles. The van der Waals surface area contributed by atoms with Crippen LogP contribution in [0.3, 0.4) is 0 Å². The minimum absolute atomic E-state index is 0.0239. The van der Waals surface area contributed by atoms with Gasteiger partial charge in [-0.15, -0.1) is 4.31 Å². The molecule has 2 fully saturated rings. The van der Waals surface area contributed by atoms with Crippen LogP contribution in [0.4, 0.5) is 18.9 Å². The van der Waals surface area contributed by atoms with Crippen molar-refractivity contribution in [2.24, 2.45) is 0 Å². The van der Waals surface area contributed by atoms with Crippen molar-refractivity contribution in [1.82, 2.24) is 14.1 Å². The van der Waals surface area contributed by atoms with Gasteiger partial charge in [-0.1, -0.05) is 0 Å². The first kappa shape index (κ1) is 24.9. The number of hydrogen-bond acceptors (Lipinski definition) is 6. The minimum atomic E-state index is -1.16. The number of halogens is 3. The Balaban J connectivity index is 1.65. The average molecular weight is 499 g/mol. The third kappa shape index (κ3) is 5.36. The molecule has 1 saturated carbocycles. The fraction of sp³-hybridized carbons (Fsp3) is 0.565. The third-order valence-corrected chi connectivity index (χ3v) is 7.83. The van der Waals surface area contributed by atoms with E-state index in [0.717, 1.165) is 16.8 Å². The van der Waals surface area contributed by atoms with Gasteiger partial charge in [0.25, 0.3) is 0 Å². The van der Waals surface area contributed by atoms with E-state index >= 15 is 0 Å². The maximum absolute atomic E-state index is 13.8. The lowest BCUT2D eigenvalue weighted by atomic mass is 10.2. The number of ether oxygens (including phenoxy) is 1. The number of hydrogen-bond donors (Lipinski definition) is 0. The lowest BCUT2D eigenvalue weighted by Gasteiger charge is -2.39. The van der Waals surface area contributed by atoms with Crippen molar-refractivity contribution in [2.45, 2.75) is 57.1 Å². The fourth-order valence-corrected chi connectivity index (χ4v) is 5.52.